The quantitative estimate of drug-likeness (QED) is 0.427. The zero-order valence-electron chi connectivity index (χ0n) is 20.4. The van der Waals surface area contributed by atoms with E-state index in [-0.39, 0.29) is 10.8 Å². The first kappa shape index (κ1) is 24.6. The van der Waals surface area contributed by atoms with Crippen molar-refractivity contribution < 1.29 is 10.2 Å². The van der Waals surface area contributed by atoms with Crippen molar-refractivity contribution >= 4 is 12.4 Å². The molecule has 0 saturated carbocycles. The van der Waals surface area contributed by atoms with Crippen LogP contribution in [-0.2, 0) is 10.8 Å². The Balaban J connectivity index is 1.99. The summed E-state index contributed by atoms with van der Waals surface area (Å²) in [4.78, 5) is 8.96. The lowest BCUT2D eigenvalue weighted by molar-refractivity contribution is 0.468. The van der Waals surface area contributed by atoms with E-state index >= 15 is 0 Å². The summed E-state index contributed by atoms with van der Waals surface area (Å²) in [7, 11) is 0. The Hall–Kier alpha value is -2.62. The van der Waals surface area contributed by atoms with Crippen LogP contribution in [0.5, 0.6) is 11.5 Å². The predicted octanol–water partition coefficient (Wildman–Crippen LogP) is 6.24. The molecule has 4 nitrogen and oxygen atoms in total. The van der Waals surface area contributed by atoms with E-state index in [9.17, 15) is 10.2 Å². The minimum atomic E-state index is 0.0178. The van der Waals surface area contributed by atoms with Crippen molar-refractivity contribution in [3.63, 3.8) is 0 Å². The van der Waals surface area contributed by atoms with Gasteiger partial charge in [0.15, 0.2) is 0 Å². The average Bonchev–Trinajstić information content (AvgIpc) is 2.65. The van der Waals surface area contributed by atoms with E-state index in [4.69, 9.17) is 0 Å². The number of aryl methyl sites for hydroxylation is 2. The van der Waals surface area contributed by atoms with Crippen LogP contribution >= 0.6 is 0 Å². The Kier molecular flexibility index (Phi) is 7.69. The molecule has 2 aromatic carbocycles. The Morgan fingerprint density at radius 3 is 1.35 bits per heavy atom. The summed E-state index contributed by atoms with van der Waals surface area (Å²) in [5.74, 6) is 0.582. The normalized spacial score (nSPS) is 12.9. The second-order valence-corrected chi connectivity index (χ2v) is 10.4. The minimum absolute atomic E-state index is 0.0178. The topological polar surface area (TPSA) is 65.2 Å². The molecule has 2 aromatic rings. The summed E-state index contributed by atoms with van der Waals surface area (Å²) < 4.78 is 0. The number of nitrogens with zero attached hydrogens (tertiary/aromatic N) is 2. The zero-order valence-corrected chi connectivity index (χ0v) is 20.4. The molecule has 0 aliphatic carbocycles. The Bertz CT molecular complexity index is 895. The standard InChI is InChI=1S/C27H38N2O2/c1-18-12-22(26(3,4)5)14-20(24(18)30)16-28-10-9-11-29-17-21-15-23(27(6,7)8)13-19(2)25(21)31/h12-17,30-31H,9-11H2,1-8H3. The van der Waals surface area contributed by atoms with Crippen LogP contribution in [0.4, 0.5) is 0 Å². The Labute approximate surface area is 187 Å². The van der Waals surface area contributed by atoms with Crippen LogP contribution in [0.25, 0.3) is 0 Å². The summed E-state index contributed by atoms with van der Waals surface area (Å²) in [6.07, 6.45) is 4.30. The van der Waals surface area contributed by atoms with Gasteiger partial charge in [-0.15, -0.1) is 0 Å². The van der Waals surface area contributed by atoms with Gasteiger partial charge in [0.2, 0.25) is 0 Å². The van der Waals surface area contributed by atoms with Gasteiger partial charge in [-0.2, -0.15) is 0 Å². The van der Waals surface area contributed by atoms with E-state index in [0.29, 0.717) is 24.6 Å². The SMILES string of the molecule is Cc1cc(C(C)(C)C)cc(C=NCCCN=Cc2cc(C(C)(C)C)cc(C)c2O)c1O. The highest BCUT2D eigenvalue weighted by Crippen LogP contribution is 2.31. The lowest BCUT2D eigenvalue weighted by atomic mass is 9.85. The fraction of sp³-hybridized carbons (Fsp3) is 0.481. The molecule has 0 spiro atoms. The van der Waals surface area contributed by atoms with Crippen molar-refractivity contribution in [1.82, 2.24) is 0 Å². The number of rotatable bonds is 6. The van der Waals surface area contributed by atoms with Crippen LogP contribution in [0.1, 0.15) is 81.3 Å². The van der Waals surface area contributed by atoms with Gasteiger partial charge in [0.05, 0.1) is 0 Å². The minimum Gasteiger partial charge on any atom is -0.507 e. The monoisotopic (exact) mass is 422 g/mol. The number of aromatic hydroxyl groups is 2. The molecule has 0 radical (unpaired) electrons. The van der Waals surface area contributed by atoms with Gasteiger partial charge in [-0.3, -0.25) is 9.98 Å². The molecule has 0 atom stereocenters. The van der Waals surface area contributed by atoms with E-state index in [1.165, 1.54) is 11.1 Å². The number of hydrogen-bond donors (Lipinski definition) is 2. The third kappa shape index (κ3) is 6.68. The Morgan fingerprint density at radius 2 is 1.03 bits per heavy atom. The molecule has 0 aliphatic heterocycles. The van der Waals surface area contributed by atoms with Crippen LogP contribution in [0.15, 0.2) is 34.3 Å². The van der Waals surface area contributed by atoms with Gasteiger partial charge < -0.3 is 10.2 Å². The van der Waals surface area contributed by atoms with Crippen molar-refractivity contribution in [3.05, 3.63) is 57.6 Å². The molecule has 0 amide bonds. The zero-order chi connectivity index (χ0) is 23.4. The van der Waals surface area contributed by atoms with Gasteiger partial charge in [-0.1, -0.05) is 53.7 Å². The van der Waals surface area contributed by atoms with Crippen molar-refractivity contribution in [1.29, 1.82) is 0 Å². The second kappa shape index (κ2) is 9.67. The molecule has 31 heavy (non-hydrogen) atoms. The fourth-order valence-corrected chi connectivity index (χ4v) is 3.26. The van der Waals surface area contributed by atoms with Gasteiger partial charge in [0, 0.05) is 36.6 Å². The molecular weight excluding hydrogens is 384 g/mol. The van der Waals surface area contributed by atoms with Crippen molar-refractivity contribution in [3.8, 4) is 11.5 Å². The smallest absolute Gasteiger partial charge is 0.127 e. The second-order valence-electron chi connectivity index (χ2n) is 10.4. The predicted molar refractivity (Wildman–Crippen MR) is 133 cm³/mol. The number of phenols is 2. The largest absolute Gasteiger partial charge is 0.507 e. The highest BCUT2D eigenvalue weighted by atomic mass is 16.3. The maximum atomic E-state index is 10.3. The van der Waals surface area contributed by atoms with Crippen LogP contribution < -0.4 is 0 Å². The fourth-order valence-electron chi connectivity index (χ4n) is 3.26. The van der Waals surface area contributed by atoms with Crippen LogP contribution in [0, 0.1) is 13.8 Å². The van der Waals surface area contributed by atoms with Gasteiger partial charge >= 0.3 is 0 Å². The molecule has 0 heterocycles. The van der Waals surface area contributed by atoms with E-state index in [1.807, 2.05) is 38.1 Å². The number of phenolic OH excluding ortho intramolecular Hbond substituents is 2. The molecule has 0 unspecified atom stereocenters. The third-order valence-electron chi connectivity index (χ3n) is 5.43. The van der Waals surface area contributed by atoms with Crippen molar-refractivity contribution in [2.24, 2.45) is 9.98 Å². The van der Waals surface area contributed by atoms with E-state index in [0.717, 1.165) is 28.7 Å². The van der Waals surface area contributed by atoms with E-state index in [2.05, 4.69) is 51.5 Å². The van der Waals surface area contributed by atoms with Gasteiger partial charge in [-0.25, -0.2) is 0 Å². The van der Waals surface area contributed by atoms with Crippen LogP contribution in [-0.4, -0.2) is 35.7 Å². The molecule has 0 saturated heterocycles. The van der Waals surface area contributed by atoms with Crippen molar-refractivity contribution in [2.75, 3.05) is 13.1 Å². The maximum absolute atomic E-state index is 10.3. The summed E-state index contributed by atoms with van der Waals surface area (Å²) in [6, 6.07) is 8.09. The lowest BCUT2D eigenvalue weighted by Crippen LogP contribution is -2.12. The van der Waals surface area contributed by atoms with Gasteiger partial charge in [-0.05, 0) is 65.5 Å². The first-order chi connectivity index (χ1) is 14.3. The first-order valence-corrected chi connectivity index (χ1v) is 11.0. The molecule has 4 heteroatoms. The number of benzene rings is 2. The summed E-state index contributed by atoms with van der Waals surface area (Å²) in [6.45, 7) is 18.1. The third-order valence-corrected chi connectivity index (χ3v) is 5.43. The highest BCUT2D eigenvalue weighted by molar-refractivity contribution is 5.85. The average molecular weight is 423 g/mol. The molecule has 0 aromatic heterocycles. The molecule has 168 valence electrons. The lowest BCUT2D eigenvalue weighted by Gasteiger charge is -2.21. The number of hydrogen-bond acceptors (Lipinski definition) is 4. The molecule has 0 bridgehead atoms. The summed E-state index contributed by atoms with van der Waals surface area (Å²) >= 11 is 0. The van der Waals surface area contributed by atoms with Gasteiger partial charge in [0.25, 0.3) is 0 Å². The molecular formula is C27H38N2O2. The molecule has 2 rings (SSSR count). The number of aliphatic imine (C=N–C) groups is 2. The molecule has 0 fully saturated rings. The van der Waals surface area contributed by atoms with E-state index in [1.54, 1.807) is 12.4 Å². The van der Waals surface area contributed by atoms with E-state index < -0.39 is 0 Å². The molecule has 2 N–H and O–H groups in total. The summed E-state index contributed by atoms with van der Waals surface area (Å²) in [5.41, 5.74) is 5.65. The molecule has 0 aliphatic rings. The highest BCUT2D eigenvalue weighted by Gasteiger charge is 2.17. The summed E-state index contributed by atoms with van der Waals surface area (Å²) in [5, 5.41) is 20.7. The van der Waals surface area contributed by atoms with Crippen molar-refractivity contribution in [2.45, 2.75) is 72.6 Å². The van der Waals surface area contributed by atoms with Gasteiger partial charge in [0.1, 0.15) is 11.5 Å². The maximum Gasteiger partial charge on any atom is 0.127 e. The van der Waals surface area contributed by atoms with Crippen LogP contribution in [0.2, 0.25) is 0 Å². The Morgan fingerprint density at radius 1 is 0.677 bits per heavy atom. The van der Waals surface area contributed by atoms with Crippen LogP contribution in [0.3, 0.4) is 0 Å². The first-order valence-electron chi connectivity index (χ1n) is 11.0.